The number of imide groups is 1. The molecular formula is C25H30N6O3. The highest BCUT2D eigenvalue weighted by Gasteiger charge is 2.39. The van der Waals surface area contributed by atoms with E-state index in [2.05, 4.69) is 33.3 Å². The molecule has 0 spiro atoms. The van der Waals surface area contributed by atoms with E-state index in [0.29, 0.717) is 24.3 Å². The maximum Gasteiger partial charge on any atom is 0.255 e. The van der Waals surface area contributed by atoms with Crippen LogP contribution in [0.15, 0.2) is 29.3 Å². The third-order valence-electron chi connectivity index (χ3n) is 6.88. The van der Waals surface area contributed by atoms with Crippen molar-refractivity contribution in [2.45, 2.75) is 44.8 Å². The summed E-state index contributed by atoms with van der Waals surface area (Å²) >= 11 is 0. The Balaban J connectivity index is 0.00000289. The molecule has 5 rings (SSSR count). The third kappa shape index (κ3) is 3.96. The number of pyridine rings is 1. The van der Waals surface area contributed by atoms with Crippen molar-refractivity contribution in [1.29, 1.82) is 0 Å². The van der Waals surface area contributed by atoms with Crippen LogP contribution in [0.3, 0.4) is 0 Å². The quantitative estimate of drug-likeness (QED) is 0.505. The maximum absolute atomic E-state index is 13.0. The minimum Gasteiger partial charge on any atom is -0.371 e. The van der Waals surface area contributed by atoms with Gasteiger partial charge in [-0.1, -0.05) is 6.07 Å². The molecule has 0 radical (unpaired) electrons. The smallest absolute Gasteiger partial charge is 0.255 e. The van der Waals surface area contributed by atoms with E-state index in [9.17, 15) is 14.4 Å². The number of piperidine rings is 1. The van der Waals surface area contributed by atoms with Crippen molar-refractivity contribution < 1.29 is 15.8 Å². The maximum atomic E-state index is 13.0. The molecule has 0 aliphatic carbocycles. The van der Waals surface area contributed by atoms with Crippen LogP contribution in [0.1, 0.15) is 48.6 Å². The predicted octanol–water partition coefficient (Wildman–Crippen LogP) is 2.73. The average Bonchev–Trinajstić information content (AvgIpc) is 3.46. The van der Waals surface area contributed by atoms with Gasteiger partial charge in [0, 0.05) is 39.1 Å². The molecule has 3 aliphatic heterocycles. The minimum absolute atomic E-state index is 0. The van der Waals surface area contributed by atoms with Gasteiger partial charge in [-0.2, -0.15) is 0 Å². The van der Waals surface area contributed by atoms with E-state index in [1.54, 1.807) is 11.0 Å². The molecule has 2 aromatic rings. The zero-order valence-electron chi connectivity index (χ0n) is 19.3. The number of hydrogen-bond donors (Lipinski definition) is 2. The zero-order chi connectivity index (χ0) is 23.8. The number of nitrogens with zero attached hydrogens (tertiary/aromatic N) is 4. The molecule has 9 heteroatoms. The Hall–Kier alpha value is -3.59. The van der Waals surface area contributed by atoms with E-state index in [4.69, 9.17) is 4.98 Å². The highest BCUT2D eigenvalue weighted by molar-refractivity contribution is 6.05. The molecular weight excluding hydrogens is 432 g/mol. The number of carbonyl (C=O) groups excluding carboxylic acids is 3. The van der Waals surface area contributed by atoms with Crippen LogP contribution >= 0.6 is 0 Å². The van der Waals surface area contributed by atoms with Crippen molar-refractivity contribution in [2.24, 2.45) is 4.99 Å². The number of fused-ring (bicyclic) bond motifs is 1. The lowest BCUT2D eigenvalue weighted by molar-refractivity contribution is -0.136. The van der Waals surface area contributed by atoms with Crippen molar-refractivity contribution in [3.05, 3.63) is 41.0 Å². The molecule has 178 valence electrons. The largest absolute Gasteiger partial charge is 0.371 e. The van der Waals surface area contributed by atoms with E-state index >= 15 is 0 Å². The first-order valence-electron chi connectivity index (χ1n) is 11.7. The number of likely N-dealkylation sites (tertiary alicyclic amines) is 1. The van der Waals surface area contributed by atoms with E-state index in [0.717, 1.165) is 47.7 Å². The van der Waals surface area contributed by atoms with Gasteiger partial charge in [0.15, 0.2) is 5.82 Å². The second kappa shape index (κ2) is 8.98. The van der Waals surface area contributed by atoms with E-state index in [-0.39, 0.29) is 19.7 Å². The lowest BCUT2D eigenvalue weighted by Crippen LogP contribution is -2.52. The number of amides is 3. The summed E-state index contributed by atoms with van der Waals surface area (Å²) in [5, 5.41) is 5.49. The first-order valence-corrected chi connectivity index (χ1v) is 11.7. The van der Waals surface area contributed by atoms with Crippen LogP contribution in [0.4, 0.5) is 11.5 Å². The number of rotatable bonds is 6. The van der Waals surface area contributed by atoms with Crippen molar-refractivity contribution in [3.63, 3.8) is 0 Å². The number of nitrogens with one attached hydrogen (secondary N) is 2. The second-order valence-corrected chi connectivity index (χ2v) is 9.03. The van der Waals surface area contributed by atoms with Crippen LogP contribution in [0.25, 0.3) is 11.3 Å². The molecule has 1 aromatic heterocycles. The number of benzene rings is 1. The summed E-state index contributed by atoms with van der Waals surface area (Å²) in [6.45, 7) is 7.01. The highest BCUT2D eigenvalue weighted by Crippen LogP contribution is 2.35. The van der Waals surface area contributed by atoms with Crippen LogP contribution in [0.2, 0.25) is 0 Å². The Kier molecular flexibility index (Phi) is 5.87. The van der Waals surface area contributed by atoms with Crippen LogP contribution < -0.4 is 10.6 Å². The second-order valence-electron chi connectivity index (χ2n) is 9.03. The van der Waals surface area contributed by atoms with Gasteiger partial charge in [-0.3, -0.25) is 29.6 Å². The average molecular weight is 463 g/mol. The number of carbonyl (C=O) groups is 3. The first-order chi connectivity index (χ1) is 16.5. The number of anilines is 1. The molecule has 0 bridgehead atoms. The van der Waals surface area contributed by atoms with Crippen molar-refractivity contribution in [1.82, 2.24) is 20.1 Å². The Bertz CT molecular complexity index is 1190. The summed E-state index contributed by atoms with van der Waals surface area (Å²) in [6.07, 6.45) is 2.99. The summed E-state index contributed by atoms with van der Waals surface area (Å²) < 4.78 is 0. The van der Waals surface area contributed by atoms with Crippen molar-refractivity contribution >= 4 is 35.9 Å². The van der Waals surface area contributed by atoms with Crippen molar-refractivity contribution in [2.75, 3.05) is 25.5 Å². The molecule has 3 amide bonds. The molecule has 1 atom stereocenters. The fourth-order valence-corrected chi connectivity index (χ4v) is 5.13. The molecule has 0 saturated carbocycles. The standard InChI is InChI=1S/C25H28N6O3.H2/c1-26-22-17(13-30-9-3-4-10-30)12-19(28-23(22)27-2)15-5-6-18-16(11-15)14-31(25(18)34)20-7-8-21(32)29-24(20)33;/h5-6,11-12,20H,1,3-4,7-10,13-14H2,2H3,(H,27,28)(H,29,32,33);1H. The summed E-state index contributed by atoms with van der Waals surface area (Å²) in [7, 11) is 1.82. The van der Waals surface area contributed by atoms with Crippen LogP contribution in [-0.2, 0) is 22.7 Å². The zero-order valence-corrected chi connectivity index (χ0v) is 19.3. The fraction of sp³-hybridized carbons (Fsp3) is 0.400. The third-order valence-corrected chi connectivity index (χ3v) is 6.88. The summed E-state index contributed by atoms with van der Waals surface area (Å²) in [4.78, 5) is 49.8. The fourth-order valence-electron chi connectivity index (χ4n) is 5.13. The highest BCUT2D eigenvalue weighted by atomic mass is 16.2. The molecule has 3 aliphatic rings. The summed E-state index contributed by atoms with van der Waals surface area (Å²) in [5.41, 5.74) is 4.95. The molecule has 2 fully saturated rings. The van der Waals surface area contributed by atoms with Crippen LogP contribution in [0, 0.1) is 0 Å². The van der Waals surface area contributed by atoms with Crippen molar-refractivity contribution in [3.8, 4) is 11.3 Å². The Labute approximate surface area is 199 Å². The molecule has 1 aromatic carbocycles. The van der Waals surface area contributed by atoms with Gasteiger partial charge in [-0.05, 0) is 68.4 Å². The van der Waals surface area contributed by atoms with Gasteiger partial charge in [0.05, 0.1) is 5.69 Å². The summed E-state index contributed by atoms with van der Waals surface area (Å²) in [5.74, 6) is -0.206. The van der Waals surface area contributed by atoms with E-state index in [1.807, 2.05) is 19.2 Å². The Morgan fingerprint density at radius 1 is 1.24 bits per heavy atom. The van der Waals surface area contributed by atoms with Gasteiger partial charge < -0.3 is 10.2 Å². The van der Waals surface area contributed by atoms with Gasteiger partial charge in [-0.25, -0.2) is 4.98 Å². The number of aromatic nitrogens is 1. The first kappa shape index (κ1) is 22.2. The topological polar surface area (TPSA) is 107 Å². The van der Waals surface area contributed by atoms with Gasteiger partial charge in [0.1, 0.15) is 11.7 Å². The molecule has 1 unspecified atom stereocenters. The lowest BCUT2D eigenvalue weighted by Gasteiger charge is -2.29. The lowest BCUT2D eigenvalue weighted by atomic mass is 10.0. The number of hydrogen-bond acceptors (Lipinski definition) is 7. The SMILES string of the molecule is C=Nc1c(CN2CCCC2)cc(-c2ccc3c(c2)CN(C2CCC(=O)NC2=O)C3=O)nc1NC.[HH]. The monoisotopic (exact) mass is 462 g/mol. The van der Waals surface area contributed by atoms with Crippen LogP contribution in [-0.4, -0.2) is 65.4 Å². The molecule has 34 heavy (non-hydrogen) atoms. The Morgan fingerprint density at radius 3 is 2.74 bits per heavy atom. The van der Waals surface area contributed by atoms with E-state index < -0.39 is 11.9 Å². The minimum atomic E-state index is -0.625. The van der Waals surface area contributed by atoms with Gasteiger partial charge in [0.2, 0.25) is 11.8 Å². The predicted molar refractivity (Wildman–Crippen MR) is 131 cm³/mol. The Morgan fingerprint density at radius 2 is 2.03 bits per heavy atom. The molecule has 2 saturated heterocycles. The van der Waals surface area contributed by atoms with Gasteiger partial charge in [0.25, 0.3) is 5.91 Å². The van der Waals surface area contributed by atoms with E-state index in [1.165, 1.54) is 12.8 Å². The summed E-state index contributed by atoms with van der Waals surface area (Å²) in [6, 6.07) is 7.10. The normalized spacial score (nSPS) is 20.4. The van der Waals surface area contributed by atoms with Crippen LogP contribution in [0.5, 0.6) is 0 Å². The molecule has 4 heterocycles. The molecule has 9 nitrogen and oxygen atoms in total. The van der Waals surface area contributed by atoms with Gasteiger partial charge >= 0.3 is 0 Å². The van der Waals surface area contributed by atoms with Gasteiger partial charge in [-0.15, -0.1) is 0 Å². The molecule has 2 N–H and O–H groups in total. The number of aliphatic imine (C=N–C) groups is 1.